The van der Waals surface area contributed by atoms with E-state index in [4.69, 9.17) is 0 Å². The number of carbonyl (C=O) groups is 2. The lowest BCUT2D eigenvalue weighted by atomic mass is 10.1. The van der Waals surface area contributed by atoms with Crippen LogP contribution in [0, 0.1) is 0 Å². The van der Waals surface area contributed by atoms with E-state index in [1.54, 1.807) is 0 Å². The first-order valence-electron chi connectivity index (χ1n) is 6.22. The summed E-state index contributed by atoms with van der Waals surface area (Å²) in [7, 11) is 0. The van der Waals surface area contributed by atoms with Crippen molar-refractivity contribution in [3.05, 3.63) is 35.9 Å². The van der Waals surface area contributed by atoms with Crippen molar-refractivity contribution >= 4 is 11.8 Å². The molecule has 1 heterocycles. The molecular weight excluding hydrogens is 230 g/mol. The molecule has 0 radical (unpaired) electrons. The van der Waals surface area contributed by atoms with Crippen LogP contribution in [0.4, 0.5) is 0 Å². The van der Waals surface area contributed by atoms with E-state index < -0.39 is 6.10 Å². The summed E-state index contributed by atoms with van der Waals surface area (Å²) in [6.45, 7) is 0.129. The topological polar surface area (TPSA) is 57.6 Å². The molecular formula is C14H17NO3. The molecule has 1 fully saturated rings. The van der Waals surface area contributed by atoms with Crippen LogP contribution in [-0.2, 0) is 16.0 Å². The van der Waals surface area contributed by atoms with Crippen molar-refractivity contribution in [2.75, 3.05) is 6.54 Å². The monoisotopic (exact) mass is 247 g/mol. The number of benzene rings is 1. The zero-order chi connectivity index (χ0) is 13.0. The summed E-state index contributed by atoms with van der Waals surface area (Å²) < 4.78 is 0. The summed E-state index contributed by atoms with van der Waals surface area (Å²) in [6.07, 6.45) is 1.23. The van der Waals surface area contributed by atoms with Gasteiger partial charge in [0.05, 0.1) is 12.6 Å². The Bertz CT molecular complexity index is 414. The molecule has 0 spiro atoms. The van der Waals surface area contributed by atoms with Crippen LogP contribution in [0.25, 0.3) is 0 Å². The highest BCUT2D eigenvalue weighted by Crippen LogP contribution is 2.13. The fraction of sp³-hybridized carbons (Fsp3) is 0.429. The number of likely N-dealkylation sites (tertiary alicyclic amines) is 1. The van der Waals surface area contributed by atoms with Gasteiger partial charge in [0.15, 0.2) is 0 Å². The molecule has 1 aliphatic heterocycles. The van der Waals surface area contributed by atoms with Crippen LogP contribution >= 0.6 is 0 Å². The quantitative estimate of drug-likeness (QED) is 0.793. The standard InChI is InChI=1S/C14H17NO3/c16-12(7-6-11-4-2-1-3-5-11)10-15-13(17)8-9-14(15)18/h1-5,12,16H,6-10H2/t12-/m0/s1. The molecule has 1 aliphatic rings. The molecule has 18 heavy (non-hydrogen) atoms. The van der Waals surface area contributed by atoms with Crippen LogP contribution in [-0.4, -0.2) is 34.5 Å². The molecule has 2 amide bonds. The highest BCUT2D eigenvalue weighted by Gasteiger charge is 2.30. The van der Waals surface area contributed by atoms with Gasteiger partial charge in [0, 0.05) is 12.8 Å². The fourth-order valence-corrected chi connectivity index (χ4v) is 2.11. The third kappa shape index (κ3) is 3.17. The maximum atomic E-state index is 11.4. The van der Waals surface area contributed by atoms with Crippen molar-refractivity contribution in [1.29, 1.82) is 0 Å². The zero-order valence-electron chi connectivity index (χ0n) is 10.2. The number of carbonyl (C=O) groups excluding carboxylic acids is 2. The smallest absolute Gasteiger partial charge is 0.229 e. The van der Waals surface area contributed by atoms with Crippen LogP contribution in [0.15, 0.2) is 30.3 Å². The number of rotatable bonds is 5. The Balaban J connectivity index is 1.80. The Morgan fingerprint density at radius 2 is 1.72 bits per heavy atom. The van der Waals surface area contributed by atoms with Crippen LogP contribution < -0.4 is 0 Å². The van der Waals surface area contributed by atoms with E-state index in [-0.39, 0.29) is 31.2 Å². The normalized spacial score (nSPS) is 17.3. The Hall–Kier alpha value is -1.68. The molecule has 4 heteroatoms. The van der Waals surface area contributed by atoms with E-state index in [1.807, 2.05) is 30.3 Å². The molecule has 1 atom stereocenters. The Kier molecular flexibility index (Phi) is 4.10. The minimum atomic E-state index is -0.642. The predicted octanol–water partition coefficient (Wildman–Crippen LogP) is 1.13. The van der Waals surface area contributed by atoms with Crippen molar-refractivity contribution in [2.45, 2.75) is 31.8 Å². The molecule has 2 rings (SSSR count). The van der Waals surface area contributed by atoms with Gasteiger partial charge in [0.25, 0.3) is 0 Å². The Morgan fingerprint density at radius 3 is 2.33 bits per heavy atom. The minimum absolute atomic E-state index is 0.129. The number of aliphatic hydroxyl groups is 1. The van der Waals surface area contributed by atoms with E-state index in [9.17, 15) is 14.7 Å². The van der Waals surface area contributed by atoms with Crippen LogP contribution in [0.3, 0.4) is 0 Å². The van der Waals surface area contributed by atoms with Gasteiger partial charge in [0.1, 0.15) is 0 Å². The molecule has 0 aliphatic carbocycles. The summed E-state index contributed by atoms with van der Waals surface area (Å²) in [6, 6.07) is 9.85. The molecule has 1 aromatic carbocycles. The number of amides is 2. The van der Waals surface area contributed by atoms with Gasteiger partial charge in [-0.3, -0.25) is 14.5 Å². The second-order valence-corrected chi connectivity index (χ2v) is 4.58. The van der Waals surface area contributed by atoms with Gasteiger partial charge >= 0.3 is 0 Å². The van der Waals surface area contributed by atoms with Crippen molar-refractivity contribution < 1.29 is 14.7 Å². The highest BCUT2D eigenvalue weighted by molar-refractivity contribution is 6.01. The van der Waals surface area contributed by atoms with Gasteiger partial charge in [0.2, 0.25) is 11.8 Å². The molecule has 4 nitrogen and oxygen atoms in total. The summed E-state index contributed by atoms with van der Waals surface area (Å²) in [5.74, 6) is -0.336. The van der Waals surface area contributed by atoms with Crippen LogP contribution in [0.1, 0.15) is 24.8 Å². The van der Waals surface area contributed by atoms with Gasteiger partial charge in [-0.2, -0.15) is 0 Å². The lowest BCUT2D eigenvalue weighted by Gasteiger charge is -2.18. The van der Waals surface area contributed by atoms with Crippen molar-refractivity contribution in [3.63, 3.8) is 0 Å². The van der Waals surface area contributed by atoms with E-state index >= 15 is 0 Å². The van der Waals surface area contributed by atoms with Gasteiger partial charge < -0.3 is 5.11 Å². The van der Waals surface area contributed by atoms with E-state index in [0.29, 0.717) is 6.42 Å². The molecule has 0 aromatic heterocycles. The van der Waals surface area contributed by atoms with Gasteiger partial charge in [-0.25, -0.2) is 0 Å². The van der Waals surface area contributed by atoms with Crippen LogP contribution in [0.5, 0.6) is 0 Å². The Labute approximate surface area is 106 Å². The lowest BCUT2D eigenvalue weighted by Crippen LogP contribution is -2.36. The SMILES string of the molecule is O=C1CCC(=O)N1C[C@@H](O)CCc1ccccc1. The summed E-state index contributed by atoms with van der Waals surface area (Å²) in [5, 5.41) is 9.86. The number of hydrogen-bond donors (Lipinski definition) is 1. The first-order chi connectivity index (χ1) is 8.66. The molecule has 0 bridgehead atoms. The number of aryl methyl sites for hydroxylation is 1. The molecule has 1 N–H and O–H groups in total. The molecule has 0 saturated carbocycles. The van der Waals surface area contributed by atoms with Gasteiger partial charge in [-0.05, 0) is 18.4 Å². The van der Waals surface area contributed by atoms with E-state index in [2.05, 4.69) is 0 Å². The zero-order valence-corrected chi connectivity index (χ0v) is 10.2. The molecule has 0 unspecified atom stereocenters. The van der Waals surface area contributed by atoms with E-state index in [0.717, 1.165) is 12.0 Å². The first-order valence-corrected chi connectivity index (χ1v) is 6.22. The van der Waals surface area contributed by atoms with Crippen molar-refractivity contribution in [2.24, 2.45) is 0 Å². The fourth-order valence-electron chi connectivity index (χ4n) is 2.11. The third-order valence-electron chi connectivity index (χ3n) is 3.16. The second kappa shape index (κ2) is 5.78. The minimum Gasteiger partial charge on any atom is -0.391 e. The van der Waals surface area contributed by atoms with Gasteiger partial charge in [-0.1, -0.05) is 30.3 Å². The third-order valence-corrected chi connectivity index (χ3v) is 3.16. The van der Waals surface area contributed by atoms with Crippen molar-refractivity contribution in [1.82, 2.24) is 4.90 Å². The maximum absolute atomic E-state index is 11.4. The first kappa shape index (κ1) is 12.8. The average Bonchev–Trinajstić information content (AvgIpc) is 2.69. The number of nitrogens with zero attached hydrogens (tertiary/aromatic N) is 1. The lowest BCUT2D eigenvalue weighted by molar-refractivity contribution is -0.140. The molecule has 1 aromatic rings. The molecule has 96 valence electrons. The maximum Gasteiger partial charge on any atom is 0.229 e. The number of aliphatic hydroxyl groups excluding tert-OH is 1. The van der Waals surface area contributed by atoms with E-state index in [1.165, 1.54) is 4.90 Å². The van der Waals surface area contributed by atoms with Crippen molar-refractivity contribution in [3.8, 4) is 0 Å². The summed E-state index contributed by atoms with van der Waals surface area (Å²) >= 11 is 0. The second-order valence-electron chi connectivity index (χ2n) is 4.58. The number of imide groups is 1. The summed E-state index contributed by atoms with van der Waals surface area (Å²) in [4.78, 5) is 24.0. The van der Waals surface area contributed by atoms with Gasteiger partial charge in [-0.15, -0.1) is 0 Å². The predicted molar refractivity (Wildman–Crippen MR) is 66.7 cm³/mol. The highest BCUT2D eigenvalue weighted by atomic mass is 16.3. The van der Waals surface area contributed by atoms with Crippen LogP contribution in [0.2, 0.25) is 0 Å². The average molecular weight is 247 g/mol. The largest absolute Gasteiger partial charge is 0.391 e. The molecule has 1 saturated heterocycles. The Morgan fingerprint density at radius 1 is 1.11 bits per heavy atom. The number of hydrogen-bond acceptors (Lipinski definition) is 3. The number of β-amino-alcohol motifs (C(OH)–C–C–N with tert-alkyl or cyclic N) is 1. The summed E-state index contributed by atoms with van der Waals surface area (Å²) in [5.41, 5.74) is 1.15.